The van der Waals surface area contributed by atoms with Crippen molar-refractivity contribution < 1.29 is 14.3 Å². The van der Waals surface area contributed by atoms with Crippen LogP contribution in [0, 0.1) is 0 Å². The second-order valence-electron chi connectivity index (χ2n) is 4.69. The van der Waals surface area contributed by atoms with Crippen LogP contribution < -0.4 is 15.4 Å². The molecule has 0 spiro atoms. The lowest BCUT2D eigenvalue weighted by atomic mass is 10.3. The van der Waals surface area contributed by atoms with Crippen LogP contribution >= 0.6 is 23.1 Å². The molecule has 9 nitrogen and oxygen atoms in total. The molecule has 130 valence electrons. The number of rotatable bonds is 8. The maximum Gasteiger partial charge on any atom is 0.264 e. The van der Waals surface area contributed by atoms with E-state index in [1.807, 2.05) is 6.92 Å². The summed E-state index contributed by atoms with van der Waals surface area (Å²) in [6.45, 7) is 2.65. The number of aromatic nitrogens is 4. The lowest BCUT2D eigenvalue weighted by molar-refractivity contribution is -0.118. The largest absolute Gasteiger partial charge is 0.479 e. The molecule has 0 aliphatic heterocycles. The van der Waals surface area contributed by atoms with Gasteiger partial charge < -0.3 is 10.1 Å². The quantitative estimate of drug-likeness (QED) is 0.530. The maximum absolute atomic E-state index is 12.2. The number of nitrogens with zero attached hydrogens (tertiary/aromatic N) is 4. The highest BCUT2D eigenvalue weighted by Gasteiger charge is 2.18. The lowest BCUT2D eigenvalue weighted by Crippen LogP contribution is -2.25. The molecule has 11 heteroatoms. The number of thioether (sulfide) groups is 1. The average Bonchev–Trinajstić information content (AvgIpc) is 3.16. The first-order valence-corrected chi connectivity index (χ1v) is 8.95. The monoisotopic (exact) mass is 370 g/mol. The van der Waals surface area contributed by atoms with Gasteiger partial charge in [0, 0.05) is 19.8 Å². The van der Waals surface area contributed by atoms with Crippen molar-refractivity contribution in [2.45, 2.75) is 17.7 Å². The van der Waals surface area contributed by atoms with E-state index < -0.39 is 0 Å². The summed E-state index contributed by atoms with van der Waals surface area (Å²) in [6, 6.07) is 0. The van der Waals surface area contributed by atoms with E-state index in [0.29, 0.717) is 21.6 Å². The average molecular weight is 370 g/mol. The number of hydrogen-bond donors (Lipinski definition) is 2. The number of methoxy groups -OCH3 is 1. The van der Waals surface area contributed by atoms with Crippen molar-refractivity contribution in [2.75, 3.05) is 24.7 Å². The van der Waals surface area contributed by atoms with Gasteiger partial charge in [-0.2, -0.15) is 0 Å². The maximum atomic E-state index is 12.2. The van der Waals surface area contributed by atoms with Crippen LogP contribution in [-0.4, -0.2) is 51.2 Å². The molecule has 0 aliphatic rings. The summed E-state index contributed by atoms with van der Waals surface area (Å²) in [6.07, 6.45) is 2.45. The van der Waals surface area contributed by atoms with Gasteiger partial charge in [-0.25, -0.2) is 0 Å². The van der Waals surface area contributed by atoms with E-state index in [1.54, 1.807) is 13.2 Å². The summed E-state index contributed by atoms with van der Waals surface area (Å²) >= 11 is 2.48. The Labute approximate surface area is 147 Å². The van der Waals surface area contributed by atoms with Gasteiger partial charge in [0.05, 0.1) is 12.9 Å². The molecule has 2 heterocycles. The zero-order valence-electron chi connectivity index (χ0n) is 13.5. The Morgan fingerprint density at radius 2 is 2.21 bits per heavy atom. The molecule has 2 aromatic heterocycles. The summed E-state index contributed by atoms with van der Waals surface area (Å²) in [5, 5.41) is 17.6. The molecule has 2 rings (SSSR count). The van der Waals surface area contributed by atoms with Crippen molar-refractivity contribution in [3.05, 3.63) is 11.8 Å². The Bertz CT molecular complexity index is 714. The molecule has 0 saturated carbocycles. The van der Waals surface area contributed by atoms with Crippen LogP contribution in [-0.2, 0) is 11.8 Å². The van der Waals surface area contributed by atoms with Gasteiger partial charge in [-0.05, 0) is 6.42 Å². The number of aryl methyl sites for hydroxylation is 1. The molecule has 24 heavy (non-hydrogen) atoms. The molecule has 2 N–H and O–H groups in total. The molecule has 0 fully saturated rings. The van der Waals surface area contributed by atoms with Gasteiger partial charge in [0.1, 0.15) is 5.56 Å². The van der Waals surface area contributed by atoms with E-state index in [1.165, 1.54) is 34.9 Å². The van der Waals surface area contributed by atoms with Gasteiger partial charge >= 0.3 is 0 Å². The van der Waals surface area contributed by atoms with E-state index in [-0.39, 0.29) is 23.4 Å². The summed E-state index contributed by atoms with van der Waals surface area (Å²) in [5.41, 5.74) is 0.309. The fourth-order valence-corrected chi connectivity index (χ4v) is 3.28. The molecular formula is C13H18N6O3S2. The third-order valence-electron chi connectivity index (χ3n) is 2.76. The van der Waals surface area contributed by atoms with Gasteiger partial charge in [-0.3, -0.25) is 19.6 Å². The van der Waals surface area contributed by atoms with Crippen molar-refractivity contribution in [3.8, 4) is 5.88 Å². The summed E-state index contributed by atoms with van der Waals surface area (Å²) < 4.78 is 7.15. The zero-order chi connectivity index (χ0) is 17.5. The number of carbonyl (C=O) groups is 2. The van der Waals surface area contributed by atoms with Gasteiger partial charge in [0.25, 0.3) is 5.91 Å². The highest BCUT2D eigenvalue weighted by atomic mass is 32.2. The fraction of sp³-hybridized carbons (Fsp3) is 0.462. The number of carbonyl (C=O) groups excluding carboxylic acids is 2. The standard InChI is InChI=1S/C13H18N6O3S2/c1-4-5-14-9(20)7-23-13-17-16-12(24-13)15-10(21)8-6-19(2)18-11(8)22-3/h6H,4-5,7H2,1-3H3,(H,14,20)(H,15,16,21). The summed E-state index contributed by atoms with van der Waals surface area (Å²) in [5.74, 6) is 0.0664. The van der Waals surface area contributed by atoms with E-state index in [9.17, 15) is 9.59 Å². The molecule has 0 radical (unpaired) electrons. The van der Waals surface area contributed by atoms with Crippen LogP contribution in [0.1, 0.15) is 23.7 Å². The van der Waals surface area contributed by atoms with E-state index in [2.05, 4.69) is 25.9 Å². The normalized spacial score (nSPS) is 10.5. The Balaban J connectivity index is 1.91. The van der Waals surface area contributed by atoms with E-state index in [0.717, 1.165) is 6.42 Å². The molecule has 0 atom stereocenters. The molecule has 0 aromatic carbocycles. The molecule has 0 aliphatic carbocycles. The number of amides is 2. The molecular weight excluding hydrogens is 352 g/mol. The second kappa shape index (κ2) is 8.64. The van der Waals surface area contributed by atoms with Gasteiger partial charge in [0.15, 0.2) is 4.34 Å². The minimum Gasteiger partial charge on any atom is -0.479 e. The lowest BCUT2D eigenvalue weighted by Gasteiger charge is -2.01. The van der Waals surface area contributed by atoms with Gasteiger partial charge in [0.2, 0.25) is 16.9 Å². The Morgan fingerprint density at radius 1 is 1.42 bits per heavy atom. The zero-order valence-corrected chi connectivity index (χ0v) is 15.2. The van der Waals surface area contributed by atoms with Crippen molar-refractivity contribution in [3.63, 3.8) is 0 Å². The second-order valence-corrected chi connectivity index (χ2v) is 6.89. The molecule has 2 amide bonds. The Kier molecular flexibility index (Phi) is 6.55. The molecule has 0 unspecified atom stereocenters. The number of ether oxygens (including phenoxy) is 1. The van der Waals surface area contributed by atoms with E-state index >= 15 is 0 Å². The highest BCUT2D eigenvalue weighted by Crippen LogP contribution is 2.26. The van der Waals surface area contributed by atoms with Crippen molar-refractivity contribution in [2.24, 2.45) is 7.05 Å². The molecule has 0 saturated heterocycles. The van der Waals surface area contributed by atoms with Crippen LogP contribution in [0.3, 0.4) is 0 Å². The summed E-state index contributed by atoms with van der Waals surface area (Å²) in [4.78, 5) is 23.8. The van der Waals surface area contributed by atoms with Crippen molar-refractivity contribution >= 4 is 40.0 Å². The summed E-state index contributed by atoms with van der Waals surface area (Å²) in [7, 11) is 3.14. The SMILES string of the molecule is CCCNC(=O)CSc1nnc(NC(=O)c2cn(C)nc2OC)s1. The first-order chi connectivity index (χ1) is 11.5. The minimum absolute atomic E-state index is 0.0530. The number of nitrogens with one attached hydrogen (secondary N) is 2. The van der Waals surface area contributed by atoms with Crippen LogP contribution in [0.2, 0.25) is 0 Å². The molecule has 2 aromatic rings. The third kappa shape index (κ3) is 4.93. The fourth-order valence-electron chi connectivity index (χ4n) is 1.70. The predicted molar refractivity (Wildman–Crippen MR) is 91.6 cm³/mol. The van der Waals surface area contributed by atoms with Crippen LogP contribution in [0.15, 0.2) is 10.5 Å². The first kappa shape index (κ1) is 18.2. The van der Waals surface area contributed by atoms with Crippen molar-refractivity contribution in [1.29, 1.82) is 0 Å². The molecule has 0 bridgehead atoms. The number of anilines is 1. The topological polar surface area (TPSA) is 111 Å². The highest BCUT2D eigenvalue weighted by molar-refractivity contribution is 8.01. The van der Waals surface area contributed by atoms with Crippen LogP contribution in [0.5, 0.6) is 5.88 Å². The van der Waals surface area contributed by atoms with Crippen LogP contribution in [0.25, 0.3) is 0 Å². The van der Waals surface area contributed by atoms with Gasteiger partial charge in [-0.15, -0.1) is 15.3 Å². The predicted octanol–water partition coefficient (Wildman–Crippen LogP) is 1.15. The smallest absolute Gasteiger partial charge is 0.264 e. The minimum atomic E-state index is -0.381. The van der Waals surface area contributed by atoms with E-state index in [4.69, 9.17) is 4.74 Å². The van der Waals surface area contributed by atoms with Gasteiger partial charge in [-0.1, -0.05) is 30.0 Å². The van der Waals surface area contributed by atoms with Crippen molar-refractivity contribution in [1.82, 2.24) is 25.3 Å². The van der Waals surface area contributed by atoms with Crippen LogP contribution in [0.4, 0.5) is 5.13 Å². The number of hydrogen-bond acceptors (Lipinski definition) is 8. The third-order valence-corrected chi connectivity index (χ3v) is 4.73. The first-order valence-electron chi connectivity index (χ1n) is 7.15. The Morgan fingerprint density at radius 3 is 2.92 bits per heavy atom. The Hall–Kier alpha value is -2.14.